The zero-order valence-electron chi connectivity index (χ0n) is 9.71. The smallest absolute Gasteiger partial charge is 0.422 e. The van der Waals surface area contributed by atoms with Crippen LogP contribution >= 0.6 is 12.4 Å². The first kappa shape index (κ1) is 18.7. The van der Waals surface area contributed by atoms with Crippen LogP contribution in [-0.4, -0.2) is 31.5 Å². The van der Waals surface area contributed by atoms with E-state index in [-0.39, 0.29) is 30.9 Å². The molecule has 8 heteroatoms. The van der Waals surface area contributed by atoms with Gasteiger partial charge in [0.25, 0.3) is 0 Å². The molecule has 1 unspecified atom stereocenters. The maximum Gasteiger partial charge on any atom is 0.422 e. The van der Waals surface area contributed by atoms with E-state index in [4.69, 9.17) is 5.73 Å². The summed E-state index contributed by atoms with van der Waals surface area (Å²) in [4.78, 5) is 11.0. The van der Waals surface area contributed by atoms with Crippen LogP contribution in [0.15, 0.2) is 0 Å². The molecule has 3 N–H and O–H groups in total. The molecule has 0 aromatic rings. The van der Waals surface area contributed by atoms with E-state index in [9.17, 15) is 18.0 Å². The van der Waals surface area contributed by atoms with Crippen molar-refractivity contribution in [3.63, 3.8) is 0 Å². The fourth-order valence-electron chi connectivity index (χ4n) is 1.14. The zero-order valence-corrected chi connectivity index (χ0v) is 10.5. The molecule has 17 heavy (non-hydrogen) atoms. The van der Waals surface area contributed by atoms with Gasteiger partial charge in [-0.25, -0.2) is 4.79 Å². The van der Waals surface area contributed by atoms with Gasteiger partial charge in [-0.05, 0) is 12.3 Å². The van der Waals surface area contributed by atoms with Gasteiger partial charge in [0.1, 0.15) is 0 Å². The van der Waals surface area contributed by atoms with Crippen LogP contribution in [-0.2, 0) is 4.74 Å². The molecule has 0 aliphatic carbocycles. The summed E-state index contributed by atoms with van der Waals surface area (Å²) in [5, 5.41) is 2.28. The van der Waals surface area contributed by atoms with Gasteiger partial charge in [0, 0.05) is 12.6 Å². The lowest BCUT2D eigenvalue weighted by Gasteiger charge is -2.18. The molecule has 1 amide bonds. The number of nitrogens with one attached hydrogen (secondary N) is 1. The minimum absolute atomic E-state index is 0. The van der Waals surface area contributed by atoms with E-state index in [1.54, 1.807) is 0 Å². The van der Waals surface area contributed by atoms with Crippen molar-refractivity contribution >= 4 is 18.5 Å². The zero-order chi connectivity index (χ0) is 12.8. The Morgan fingerprint density at radius 1 is 1.41 bits per heavy atom. The summed E-state index contributed by atoms with van der Waals surface area (Å²) in [7, 11) is 0. The van der Waals surface area contributed by atoms with E-state index in [2.05, 4.69) is 10.1 Å². The molecule has 0 rings (SSSR count). The second-order valence-electron chi connectivity index (χ2n) is 3.90. The predicted molar refractivity (Wildman–Crippen MR) is 60.1 cm³/mol. The van der Waals surface area contributed by atoms with Gasteiger partial charge in [-0.15, -0.1) is 12.4 Å². The number of hydrogen-bond acceptors (Lipinski definition) is 3. The van der Waals surface area contributed by atoms with Crippen LogP contribution in [0.3, 0.4) is 0 Å². The lowest BCUT2D eigenvalue weighted by Crippen LogP contribution is -2.42. The first-order chi connectivity index (χ1) is 7.24. The van der Waals surface area contributed by atoms with E-state index < -0.39 is 18.9 Å². The van der Waals surface area contributed by atoms with Crippen molar-refractivity contribution in [3.8, 4) is 0 Å². The van der Waals surface area contributed by atoms with Crippen molar-refractivity contribution in [2.75, 3.05) is 13.2 Å². The quantitative estimate of drug-likeness (QED) is 0.809. The number of carbonyl (C=O) groups is 1. The summed E-state index contributed by atoms with van der Waals surface area (Å²) >= 11 is 0. The number of alkyl halides is 3. The van der Waals surface area contributed by atoms with Crippen molar-refractivity contribution in [1.82, 2.24) is 5.32 Å². The normalized spacial score (nSPS) is 12.9. The number of hydrogen-bond donors (Lipinski definition) is 2. The number of carbonyl (C=O) groups excluding carboxylic acids is 1. The van der Waals surface area contributed by atoms with Crippen LogP contribution in [0.1, 0.15) is 20.3 Å². The largest absolute Gasteiger partial charge is 0.440 e. The molecular weight excluding hydrogens is 261 g/mol. The van der Waals surface area contributed by atoms with E-state index in [1.807, 2.05) is 13.8 Å². The maximum absolute atomic E-state index is 11.7. The van der Waals surface area contributed by atoms with Gasteiger partial charge in [0.15, 0.2) is 6.61 Å². The first-order valence-corrected chi connectivity index (χ1v) is 4.94. The SMILES string of the molecule is CC(C)CC(CN)NC(=O)OCC(F)(F)F.Cl. The molecular formula is C9H18ClF3N2O2. The molecule has 1 atom stereocenters. The van der Waals surface area contributed by atoms with Crippen molar-refractivity contribution in [2.45, 2.75) is 32.5 Å². The average Bonchev–Trinajstić information content (AvgIpc) is 2.12. The Kier molecular flexibility index (Phi) is 9.23. The van der Waals surface area contributed by atoms with Gasteiger partial charge >= 0.3 is 12.3 Å². The molecule has 0 saturated heterocycles. The Morgan fingerprint density at radius 2 is 1.94 bits per heavy atom. The van der Waals surface area contributed by atoms with Crippen LogP contribution < -0.4 is 11.1 Å². The summed E-state index contributed by atoms with van der Waals surface area (Å²) in [6, 6.07) is -0.360. The minimum Gasteiger partial charge on any atom is -0.440 e. The van der Waals surface area contributed by atoms with E-state index in [0.717, 1.165) is 0 Å². The number of ether oxygens (including phenoxy) is 1. The Bertz CT molecular complexity index is 225. The Hall–Kier alpha value is -0.690. The van der Waals surface area contributed by atoms with Crippen LogP contribution in [0.25, 0.3) is 0 Å². The number of amides is 1. The highest BCUT2D eigenvalue weighted by molar-refractivity contribution is 5.85. The van der Waals surface area contributed by atoms with Gasteiger partial charge in [0.2, 0.25) is 0 Å². The first-order valence-electron chi connectivity index (χ1n) is 4.94. The Balaban J connectivity index is 0. The van der Waals surface area contributed by atoms with Gasteiger partial charge in [-0.3, -0.25) is 0 Å². The summed E-state index contributed by atoms with van der Waals surface area (Å²) in [6.07, 6.45) is -5.00. The summed E-state index contributed by atoms with van der Waals surface area (Å²) in [6.45, 7) is 2.42. The number of nitrogens with two attached hydrogens (primary N) is 1. The predicted octanol–water partition coefficient (Wildman–Crippen LogP) is 2.07. The molecule has 0 radical (unpaired) electrons. The molecule has 0 aliphatic rings. The summed E-state index contributed by atoms with van der Waals surface area (Å²) in [5.74, 6) is 0.288. The molecule has 0 spiro atoms. The van der Waals surface area contributed by atoms with Crippen LogP contribution in [0, 0.1) is 5.92 Å². The third kappa shape index (κ3) is 11.6. The number of alkyl carbamates (subject to hydrolysis) is 1. The molecule has 0 aliphatic heterocycles. The third-order valence-electron chi connectivity index (χ3n) is 1.73. The lowest BCUT2D eigenvalue weighted by atomic mass is 10.0. The molecule has 0 fully saturated rings. The monoisotopic (exact) mass is 278 g/mol. The Labute approximate surface area is 104 Å². The highest BCUT2D eigenvalue weighted by Crippen LogP contribution is 2.14. The van der Waals surface area contributed by atoms with Crippen molar-refractivity contribution in [1.29, 1.82) is 0 Å². The maximum atomic E-state index is 11.7. The van der Waals surface area contributed by atoms with Crippen LogP contribution in [0.4, 0.5) is 18.0 Å². The third-order valence-corrected chi connectivity index (χ3v) is 1.73. The van der Waals surface area contributed by atoms with Crippen LogP contribution in [0.2, 0.25) is 0 Å². The minimum atomic E-state index is -4.51. The standard InChI is InChI=1S/C9H17F3N2O2.ClH/c1-6(2)3-7(4-13)14-8(15)16-5-9(10,11)12;/h6-7H,3-5,13H2,1-2H3,(H,14,15);1H. The fourth-order valence-corrected chi connectivity index (χ4v) is 1.14. The second-order valence-corrected chi connectivity index (χ2v) is 3.90. The van der Waals surface area contributed by atoms with Crippen molar-refractivity contribution < 1.29 is 22.7 Å². The molecule has 0 aromatic heterocycles. The molecule has 0 saturated carbocycles. The van der Waals surface area contributed by atoms with E-state index in [1.165, 1.54) is 0 Å². The van der Waals surface area contributed by atoms with Crippen molar-refractivity contribution in [3.05, 3.63) is 0 Å². The molecule has 0 bridgehead atoms. The highest BCUT2D eigenvalue weighted by atomic mass is 35.5. The van der Waals surface area contributed by atoms with Gasteiger partial charge < -0.3 is 15.8 Å². The van der Waals surface area contributed by atoms with Gasteiger partial charge in [0.05, 0.1) is 0 Å². The van der Waals surface area contributed by atoms with E-state index in [0.29, 0.717) is 6.42 Å². The number of halogens is 4. The summed E-state index contributed by atoms with van der Waals surface area (Å²) < 4.78 is 39.1. The lowest BCUT2D eigenvalue weighted by molar-refractivity contribution is -0.160. The molecule has 4 nitrogen and oxygen atoms in total. The van der Waals surface area contributed by atoms with Gasteiger partial charge in [-0.2, -0.15) is 13.2 Å². The molecule has 0 aromatic carbocycles. The fraction of sp³-hybridized carbons (Fsp3) is 0.889. The second kappa shape index (κ2) is 8.41. The summed E-state index contributed by atoms with van der Waals surface area (Å²) in [5.41, 5.74) is 5.36. The molecule has 0 heterocycles. The number of rotatable bonds is 5. The van der Waals surface area contributed by atoms with Gasteiger partial charge in [-0.1, -0.05) is 13.8 Å². The molecule has 104 valence electrons. The van der Waals surface area contributed by atoms with Crippen LogP contribution in [0.5, 0.6) is 0 Å². The average molecular weight is 279 g/mol. The Morgan fingerprint density at radius 3 is 2.29 bits per heavy atom. The van der Waals surface area contributed by atoms with E-state index >= 15 is 0 Å². The highest BCUT2D eigenvalue weighted by Gasteiger charge is 2.29. The van der Waals surface area contributed by atoms with Crippen molar-refractivity contribution in [2.24, 2.45) is 11.7 Å². The topological polar surface area (TPSA) is 64.3 Å².